The minimum Gasteiger partial charge on any atom is -0.467 e. The minimum absolute atomic E-state index is 0.150. The molecule has 0 aromatic carbocycles. The Morgan fingerprint density at radius 1 is 1.11 bits per heavy atom. The molecule has 1 aliphatic heterocycles. The van der Waals surface area contributed by atoms with Crippen LogP contribution in [0.4, 0.5) is 0 Å². The van der Waals surface area contributed by atoms with Gasteiger partial charge in [0, 0.05) is 13.0 Å². The molecule has 1 aliphatic carbocycles. The molecule has 0 aromatic heterocycles. The second kappa shape index (κ2) is 6.21. The van der Waals surface area contributed by atoms with Crippen LogP contribution < -0.4 is 0 Å². The third kappa shape index (κ3) is 3.03. The Morgan fingerprint density at radius 2 is 1.78 bits per heavy atom. The van der Waals surface area contributed by atoms with Crippen molar-refractivity contribution in [2.24, 2.45) is 5.92 Å². The van der Waals surface area contributed by atoms with Gasteiger partial charge in [-0.15, -0.1) is 0 Å². The molecular formula is C14H23NO3. The molecule has 0 spiro atoms. The smallest absolute Gasteiger partial charge is 0.328 e. The summed E-state index contributed by atoms with van der Waals surface area (Å²) in [7, 11) is 1.40. The molecule has 2 fully saturated rings. The quantitative estimate of drug-likeness (QED) is 0.724. The number of hydrogen-bond acceptors (Lipinski definition) is 3. The number of esters is 1. The van der Waals surface area contributed by atoms with Crippen LogP contribution in [0.3, 0.4) is 0 Å². The molecule has 2 rings (SSSR count). The first-order valence-electron chi connectivity index (χ1n) is 7.09. The van der Waals surface area contributed by atoms with Crippen LogP contribution in [0.5, 0.6) is 0 Å². The number of amides is 1. The van der Waals surface area contributed by atoms with E-state index in [0.29, 0.717) is 18.9 Å². The monoisotopic (exact) mass is 253 g/mol. The van der Waals surface area contributed by atoms with Gasteiger partial charge in [0.25, 0.3) is 0 Å². The van der Waals surface area contributed by atoms with E-state index in [-0.39, 0.29) is 17.9 Å². The van der Waals surface area contributed by atoms with Crippen LogP contribution in [0, 0.1) is 5.92 Å². The fourth-order valence-electron chi connectivity index (χ4n) is 3.19. The highest BCUT2D eigenvalue weighted by atomic mass is 16.5. The van der Waals surface area contributed by atoms with E-state index in [1.54, 1.807) is 4.90 Å². The summed E-state index contributed by atoms with van der Waals surface area (Å²) < 4.78 is 4.81. The summed E-state index contributed by atoms with van der Waals surface area (Å²) in [6.07, 6.45) is 8.22. The third-order valence-electron chi connectivity index (χ3n) is 4.23. The van der Waals surface area contributed by atoms with E-state index in [1.165, 1.54) is 32.8 Å². The number of carbonyl (C=O) groups excluding carboxylic acids is 2. The molecule has 102 valence electrons. The highest BCUT2D eigenvalue weighted by Gasteiger charge is 2.33. The average molecular weight is 253 g/mol. The maximum atomic E-state index is 12.3. The number of hydrogen-bond donors (Lipinski definition) is 0. The summed E-state index contributed by atoms with van der Waals surface area (Å²) in [6, 6.07) is -0.336. The van der Waals surface area contributed by atoms with Crippen molar-refractivity contribution in [3.05, 3.63) is 0 Å². The van der Waals surface area contributed by atoms with Gasteiger partial charge in [-0.05, 0) is 38.0 Å². The van der Waals surface area contributed by atoms with Crippen molar-refractivity contribution in [1.29, 1.82) is 0 Å². The van der Waals surface area contributed by atoms with Crippen molar-refractivity contribution in [1.82, 2.24) is 4.90 Å². The normalized spacial score (nSPS) is 25.2. The van der Waals surface area contributed by atoms with Crippen LogP contribution in [-0.4, -0.2) is 36.5 Å². The minimum atomic E-state index is -0.336. The van der Waals surface area contributed by atoms with Crippen LogP contribution in [0.25, 0.3) is 0 Å². The molecular weight excluding hydrogens is 230 g/mol. The van der Waals surface area contributed by atoms with Gasteiger partial charge in [0.1, 0.15) is 6.04 Å². The van der Waals surface area contributed by atoms with Crippen LogP contribution in [0.2, 0.25) is 0 Å². The van der Waals surface area contributed by atoms with Gasteiger partial charge in [-0.1, -0.05) is 12.8 Å². The lowest BCUT2D eigenvalue weighted by Gasteiger charge is -2.34. The van der Waals surface area contributed by atoms with E-state index in [9.17, 15) is 9.59 Å². The number of carbonyl (C=O) groups is 2. The molecule has 18 heavy (non-hydrogen) atoms. The standard InChI is InChI=1S/C14H23NO3/c1-18-14(17)12-8-4-5-9-15(12)13(16)10-11-6-2-3-7-11/h11-12H,2-10H2,1H3/t12-/m1/s1. The van der Waals surface area contributed by atoms with Gasteiger partial charge in [0.2, 0.25) is 5.91 Å². The highest BCUT2D eigenvalue weighted by Crippen LogP contribution is 2.29. The van der Waals surface area contributed by atoms with E-state index in [1.807, 2.05) is 0 Å². The Bertz CT molecular complexity index is 310. The van der Waals surface area contributed by atoms with Gasteiger partial charge in [0.05, 0.1) is 7.11 Å². The Morgan fingerprint density at radius 3 is 2.44 bits per heavy atom. The zero-order valence-corrected chi connectivity index (χ0v) is 11.2. The Balaban J connectivity index is 1.94. The molecule has 0 bridgehead atoms. The molecule has 4 heteroatoms. The molecule has 2 aliphatic rings. The Kier molecular flexibility index (Phi) is 4.61. The van der Waals surface area contributed by atoms with Crippen molar-refractivity contribution in [3.63, 3.8) is 0 Å². The van der Waals surface area contributed by atoms with Crippen LogP contribution in [0.15, 0.2) is 0 Å². The second-order valence-corrected chi connectivity index (χ2v) is 5.48. The molecule has 0 radical (unpaired) electrons. The van der Waals surface area contributed by atoms with Gasteiger partial charge < -0.3 is 9.64 Å². The summed E-state index contributed by atoms with van der Waals surface area (Å²) in [4.78, 5) is 25.8. The molecule has 1 saturated heterocycles. The first kappa shape index (κ1) is 13.4. The molecule has 1 atom stereocenters. The lowest BCUT2D eigenvalue weighted by atomic mass is 9.98. The Hall–Kier alpha value is -1.06. The van der Waals surface area contributed by atoms with Gasteiger partial charge in [-0.25, -0.2) is 4.79 Å². The highest BCUT2D eigenvalue weighted by molar-refractivity contribution is 5.84. The van der Waals surface area contributed by atoms with Gasteiger partial charge in [0.15, 0.2) is 0 Å². The van der Waals surface area contributed by atoms with Gasteiger partial charge in [-0.3, -0.25) is 4.79 Å². The zero-order chi connectivity index (χ0) is 13.0. The van der Waals surface area contributed by atoms with Crippen molar-refractivity contribution in [2.75, 3.05) is 13.7 Å². The zero-order valence-electron chi connectivity index (χ0n) is 11.2. The summed E-state index contributed by atoms with van der Waals surface area (Å²) in [6.45, 7) is 0.714. The lowest BCUT2D eigenvalue weighted by Crippen LogP contribution is -2.48. The third-order valence-corrected chi connectivity index (χ3v) is 4.23. The van der Waals surface area contributed by atoms with Crippen molar-refractivity contribution < 1.29 is 14.3 Å². The molecule has 4 nitrogen and oxygen atoms in total. The largest absolute Gasteiger partial charge is 0.467 e. The number of likely N-dealkylation sites (tertiary alicyclic amines) is 1. The van der Waals surface area contributed by atoms with Crippen molar-refractivity contribution in [3.8, 4) is 0 Å². The van der Waals surface area contributed by atoms with Gasteiger partial charge in [-0.2, -0.15) is 0 Å². The van der Waals surface area contributed by atoms with E-state index < -0.39 is 0 Å². The lowest BCUT2D eigenvalue weighted by molar-refractivity contribution is -0.155. The molecule has 1 amide bonds. The number of rotatable bonds is 3. The average Bonchev–Trinajstić information content (AvgIpc) is 2.90. The number of ether oxygens (including phenoxy) is 1. The number of methoxy groups -OCH3 is 1. The summed E-state index contributed by atoms with van der Waals surface area (Å²) in [5.41, 5.74) is 0. The van der Waals surface area contributed by atoms with E-state index in [2.05, 4.69) is 0 Å². The first-order valence-corrected chi connectivity index (χ1v) is 7.09. The molecule has 1 saturated carbocycles. The summed E-state index contributed by atoms with van der Waals surface area (Å²) in [5, 5.41) is 0. The number of nitrogens with zero attached hydrogens (tertiary/aromatic N) is 1. The van der Waals surface area contributed by atoms with Crippen molar-refractivity contribution in [2.45, 2.75) is 57.4 Å². The fourth-order valence-corrected chi connectivity index (χ4v) is 3.19. The van der Waals surface area contributed by atoms with Crippen LogP contribution >= 0.6 is 0 Å². The van der Waals surface area contributed by atoms with Crippen LogP contribution in [0.1, 0.15) is 51.4 Å². The van der Waals surface area contributed by atoms with Crippen LogP contribution in [-0.2, 0) is 14.3 Å². The topological polar surface area (TPSA) is 46.6 Å². The van der Waals surface area contributed by atoms with Crippen molar-refractivity contribution >= 4 is 11.9 Å². The Labute approximate surface area is 109 Å². The SMILES string of the molecule is COC(=O)[C@H]1CCCCN1C(=O)CC1CCCC1. The fraction of sp³-hybridized carbons (Fsp3) is 0.857. The van der Waals surface area contributed by atoms with E-state index >= 15 is 0 Å². The molecule has 0 aromatic rings. The first-order chi connectivity index (χ1) is 8.72. The van der Waals surface area contributed by atoms with E-state index in [0.717, 1.165) is 19.3 Å². The summed E-state index contributed by atoms with van der Waals surface area (Å²) >= 11 is 0. The molecule has 1 heterocycles. The van der Waals surface area contributed by atoms with E-state index in [4.69, 9.17) is 4.74 Å². The summed E-state index contributed by atoms with van der Waals surface area (Å²) in [5.74, 6) is 0.434. The predicted molar refractivity (Wildman–Crippen MR) is 67.9 cm³/mol. The van der Waals surface area contributed by atoms with Gasteiger partial charge >= 0.3 is 5.97 Å². The maximum Gasteiger partial charge on any atom is 0.328 e. The molecule has 0 unspecified atom stereocenters. The molecule has 0 N–H and O–H groups in total. The predicted octanol–water partition coefficient (Wildman–Crippen LogP) is 2.12. The maximum absolute atomic E-state index is 12.3. The second-order valence-electron chi connectivity index (χ2n) is 5.48. The number of piperidine rings is 1.